The van der Waals surface area contributed by atoms with E-state index in [9.17, 15) is 0 Å². The van der Waals surface area contributed by atoms with Crippen LogP contribution in [0.2, 0.25) is 0 Å². The number of aliphatic imine (C=N–C) groups is 1. The second-order valence-electron chi connectivity index (χ2n) is 6.29. The molecule has 3 N–H and O–H groups in total. The standard InChI is InChI=1S/C17H26N4.HI/c1-2-13-4-3-5-15(10-13)20-17(18)19-11-14-8-9-21(12-14)16-6-7-16;/h3-5,10,14,16H,2,6-9,11-12H2,1H3,(H3,18,19,20);1H. The molecule has 1 saturated carbocycles. The normalized spacial score (nSPS) is 22.4. The molecule has 5 heteroatoms. The van der Waals surface area contributed by atoms with E-state index >= 15 is 0 Å². The van der Waals surface area contributed by atoms with E-state index in [0.29, 0.717) is 11.9 Å². The van der Waals surface area contributed by atoms with Gasteiger partial charge in [-0.3, -0.25) is 4.99 Å². The molecule has 1 aliphatic carbocycles. The van der Waals surface area contributed by atoms with Crippen molar-refractivity contribution in [1.82, 2.24) is 4.90 Å². The molecule has 1 atom stereocenters. The lowest BCUT2D eigenvalue weighted by Crippen LogP contribution is -2.25. The fourth-order valence-corrected chi connectivity index (χ4v) is 3.07. The number of nitrogens with zero attached hydrogens (tertiary/aromatic N) is 2. The summed E-state index contributed by atoms with van der Waals surface area (Å²) in [6.07, 6.45) is 5.09. The molecule has 22 heavy (non-hydrogen) atoms. The van der Waals surface area contributed by atoms with E-state index in [1.807, 2.05) is 6.07 Å². The number of hydrogen-bond donors (Lipinski definition) is 2. The summed E-state index contributed by atoms with van der Waals surface area (Å²) >= 11 is 0. The van der Waals surface area contributed by atoms with Crippen molar-refractivity contribution >= 4 is 35.6 Å². The molecule has 0 aromatic heterocycles. The van der Waals surface area contributed by atoms with Gasteiger partial charge in [0.05, 0.1) is 0 Å². The van der Waals surface area contributed by atoms with Gasteiger partial charge >= 0.3 is 0 Å². The van der Waals surface area contributed by atoms with E-state index in [4.69, 9.17) is 5.73 Å². The van der Waals surface area contributed by atoms with Crippen molar-refractivity contribution < 1.29 is 0 Å². The van der Waals surface area contributed by atoms with E-state index in [2.05, 4.69) is 40.3 Å². The molecule has 1 unspecified atom stereocenters. The first kappa shape index (κ1) is 17.5. The fraction of sp³-hybridized carbons (Fsp3) is 0.588. The maximum Gasteiger partial charge on any atom is 0.193 e. The molecule has 122 valence electrons. The third-order valence-corrected chi connectivity index (χ3v) is 4.51. The molecular formula is C17H27IN4. The summed E-state index contributed by atoms with van der Waals surface area (Å²) < 4.78 is 0. The Morgan fingerprint density at radius 3 is 2.91 bits per heavy atom. The van der Waals surface area contributed by atoms with Crippen LogP contribution in [0.25, 0.3) is 0 Å². The highest BCUT2D eigenvalue weighted by atomic mass is 127. The molecule has 2 aliphatic rings. The predicted molar refractivity (Wildman–Crippen MR) is 104 cm³/mol. The second kappa shape index (κ2) is 8.15. The number of likely N-dealkylation sites (tertiary alicyclic amines) is 1. The van der Waals surface area contributed by atoms with Gasteiger partial charge in [-0.1, -0.05) is 19.1 Å². The van der Waals surface area contributed by atoms with E-state index in [1.165, 1.54) is 37.9 Å². The summed E-state index contributed by atoms with van der Waals surface area (Å²) in [4.78, 5) is 7.15. The zero-order valence-corrected chi connectivity index (χ0v) is 15.6. The Kier molecular flexibility index (Phi) is 6.50. The molecule has 0 bridgehead atoms. The van der Waals surface area contributed by atoms with Crippen molar-refractivity contribution in [3.63, 3.8) is 0 Å². The lowest BCUT2D eigenvalue weighted by Gasteiger charge is -2.14. The molecule has 1 saturated heterocycles. The van der Waals surface area contributed by atoms with Gasteiger partial charge in [0.15, 0.2) is 5.96 Å². The number of nitrogens with one attached hydrogen (secondary N) is 1. The monoisotopic (exact) mass is 414 g/mol. The molecule has 0 radical (unpaired) electrons. The van der Waals surface area contributed by atoms with Gasteiger partial charge in [-0.2, -0.15) is 0 Å². The molecule has 0 spiro atoms. The molecule has 4 nitrogen and oxygen atoms in total. The quantitative estimate of drug-likeness (QED) is 0.443. The lowest BCUT2D eigenvalue weighted by molar-refractivity contribution is 0.315. The van der Waals surface area contributed by atoms with Crippen LogP contribution >= 0.6 is 24.0 Å². The van der Waals surface area contributed by atoms with Crippen LogP contribution in [0.1, 0.15) is 31.7 Å². The van der Waals surface area contributed by atoms with Crippen molar-refractivity contribution in [2.45, 2.75) is 38.6 Å². The zero-order valence-electron chi connectivity index (χ0n) is 13.3. The van der Waals surface area contributed by atoms with Crippen molar-refractivity contribution in [3.05, 3.63) is 29.8 Å². The summed E-state index contributed by atoms with van der Waals surface area (Å²) in [6.45, 7) is 5.45. The van der Waals surface area contributed by atoms with Gasteiger partial charge in [-0.15, -0.1) is 24.0 Å². The molecule has 1 heterocycles. The van der Waals surface area contributed by atoms with Gasteiger partial charge in [0.2, 0.25) is 0 Å². The van der Waals surface area contributed by atoms with Crippen LogP contribution in [-0.4, -0.2) is 36.5 Å². The average Bonchev–Trinajstić information content (AvgIpc) is 3.24. The minimum Gasteiger partial charge on any atom is -0.370 e. The zero-order chi connectivity index (χ0) is 14.7. The molecule has 0 amide bonds. The Bertz CT molecular complexity index is 513. The molecule has 1 aromatic carbocycles. The Hall–Kier alpha value is -0.820. The van der Waals surface area contributed by atoms with E-state index in [1.54, 1.807) is 0 Å². The van der Waals surface area contributed by atoms with E-state index in [0.717, 1.165) is 24.7 Å². The summed E-state index contributed by atoms with van der Waals surface area (Å²) in [5, 5.41) is 3.20. The second-order valence-corrected chi connectivity index (χ2v) is 6.29. The number of aryl methyl sites for hydroxylation is 1. The third kappa shape index (κ3) is 4.84. The topological polar surface area (TPSA) is 53.6 Å². The molecule has 1 aliphatic heterocycles. The minimum absolute atomic E-state index is 0. The Labute approximate surface area is 150 Å². The van der Waals surface area contributed by atoms with Gasteiger partial charge in [0.1, 0.15) is 0 Å². The van der Waals surface area contributed by atoms with Crippen LogP contribution in [-0.2, 0) is 6.42 Å². The molecule has 2 fully saturated rings. The van der Waals surface area contributed by atoms with Gasteiger partial charge < -0.3 is 16.0 Å². The third-order valence-electron chi connectivity index (χ3n) is 4.51. The summed E-state index contributed by atoms with van der Waals surface area (Å²) in [5.74, 6) is 1.21. The lowest BCUT2D eigenvalue weighted by atomic mass is 10.1. The largest absolute Gasteiger partial charge is 0.370 e. The van der Waals surface area contributed by atoms with Crippen LogP contribution in [0.15, 0.2) is 29.3 Å². The Morgan fingerprint density at radius 2 is 2.18 bits per heavy atom. The SMILES string of the molecule is CCc1cccc(NC(N)=NCC2CCN(C3CC3)C2)c1.I. The highest BCUT2D eigenvalue weighted by molar-refractivity contribution is 14.0. The fourth-order valence-electron chi connectivity index (χ4n) is 3.07. The van der Waals surface area contributed by atoms with Crippen molar-refractivity contribution in [2.24, 2.45) is 16.6 Å². The first-order chi connectivity index (χ1) is 10.2. The van der Waals surface area contributed by atoms with Crippen LogP contribution in [0.4, 0.5) is 5.69 Å². The van der Waals surface area contributed by atoms with Crippen LogP contribution < -0.4 is 11.1 Å². The number of guanidine groups is 1. The minimum atomic E-state index is 0. The number of hydrogen-bond acceptors (Lipinski definition) is 2. The first-order valence-electron chi connectivity index (χ1n) is 8.14. The predicted octanol–water partition coefficient (Wildman–Crippen LogP) is 3.08. The van der Waals surface area contributed by atoms with Crippen LogP contribution in [0.5, 0.6) is 0 Å². The van der Waals surface area contributed by atoms with Crippen molar-refractivity contribution in [1.29, 1.82) is 0 Å². The van der Waals surface area contributed by atoms with E-state index in [-0.39, 0.29) is 24.0 Å². The van der Waals surface area contributed by atoms with Crippen molar-refractivity contribution in [3.8, 4) is 0 Å². The highest BCUT2D eigenvalue weighted by Gasteiger charge is 2.34. The number of halogens is 1. The number of anilines is 1. The Balaban J connectivity index is 0.00000176. The number of rotatable bonds is 5. The smallest absolute Gasteiger partial charge is 0.193 e. The molecule has 1 aromatic rings. The molecule has 3 rings (SSSR count). The Morgan fingerprint density at radius 1 is 1.36 bits per heavy atom. The maximum atomic E-state index is 6.01. The van der Waals surface area contributed by atoms with Crippen LogP contribution in [0, 0.1) is 5.92 Å². The van der Waals surface area contributed by atoms with E-state index < -0.39 is 0 Å². The van der Waals surface area contributed by atoms with Crippen molar-refractivity contribution in [2.75, 3.05) is 25.0 Å². The van der Waals surface area contributed by atoms with Gasteiger partial charge in [0.25, 0.3) is 0 Å². The first-order valence-corrected chi connectivity index (χ1v) is 8.14. The molecular weight excluding hydrogens is 387 g/mol. The van der Waals surface area contributed by atoms with Gasteiger partial charge in [-0.25, -0.2) is 0 Å². The van der Waals surface area contributed by atoms with Crippen LogP contribution in [0.3, 0.4) is 0 Å². The summed E-state index contributed by atoms with van der Waals surface area (Å²) in [7, 11) is 0. The number of benzene rings is 1. The average molecular weight is 414 g/mol. The summed E-state index contributed by atoms with van der Waals surface area (Å²) in [6, 6.07) is 9.23. The number of nitrogens with two attached hydrogens (primary N) is 1. The summed E-state index contributed by atoms with van der Waals surface area (Å²) in [5.41, 5.74) is 8.35. The maximum absolute atomic E-state index is 6.01. The van der Waals surface area contributed by atoms with Gasteiger partial charge in [-0.05, 0) is 55.8 Å². The highest BCUT2D eigenvalue weighted by Crippen LogP contribution is 2.31. The van der Waals surface area contributed by atoms with Gasteiger partial charge in [0, 0.05) is 24.8 Å².